The molecule has 0 saturated carbocycles. The van der Waals surface area contributed by atoms with Crippen LogP contribution in [0.5, 0.6) is 0 Å². The van der Waals surface area contributed by atoms with Crippen LogP contribution in [-0.2, 0) is 6.67 Å². The van der Waals surface area contributed by atoms with Crippen molar-refractivity contribution in [2.45, 2.75) is 6.67 Å². The number of rotatable bonds is 2. The minimum Gasteiger partial charge on any atom is -0.368 e. The van der Waals surface area contributed by atoms with E-state index in [-0.39, 0.29) is 11.6 Å². The lowest BCUT2D eigenvalue weighted by atomic mass is 10.1. The largest absolute Gasteiger partial charge is 0.368 e. The van der Waals surface area contributed by atoms with E-state index >= 15 is 0 Å². The summed E-state index contributed by atoms with van der Waals surface area (Å²) in [6.07, 6.45) is 1.44. The molecule has 0 fully saturated rings. The van der Waals surface area contributed by atoms with Gasteiger partial charge >= 0.3 is 0 Å². The molecule has 2 rings (SSSR count). The molecule has 1 heterocycles. The predicted octanol–water partition coefficient (Wildman–Crippen LogP) is 3.50. The van der Waals surface area contributed by atoms with E-state index in [4.69, 9.17) is 28.9 Å². The summed E-state index contributed by atoms with van der Waals surface area (Å²) >= 11 is 12.0. The Morgan fingerprint density at radius 2 is 2.00 bits per heavy atom. The van der Waals surface area contributed by atoms with Crippen LogP contribution >= 0.6 is 23.2 Å². The van der Waals surface area contributed by atoms with Gasteiger partial charge in [-0.3, -0.25) is 0 Å². The highest BCUT2D eigenvalue weighted by Gasteiger charge is 2.12. The Hall–Kier alpha value is -1.39. The lowest BCUT2D eigenvalue weighted by Gasteiger charge is -2.08. The number of nitrogen functional groups attached to an aromatic ring is 1. The van der Waals surface area contributed by atoms with E-state index < -0.39 is 6.67 Å². The highest BCUT2D eigenvalue weighted by Crippen LogP contribution is 2.34. The van der Waals surface area contributed by atoms with Crippen molar-refractivity contribution in [3.8, 4) is 11.1 Å². The normalized spacial score (nSPS) is 10.5. The molecular formula is C11H8Cl2FN3. The molecule has 2 aromatic rings. The van der Waals surface area contributed by atoms with Crippen LogP contribution in [0.4, 0.5) is 10.3 Å². The first kappa shape index (κ1) is 12.1. The Labute approximate surface area is 107 Å². The molecule has 88 valence electrons. The zero-order valence-corrected chi connectivity index (χ0v) is 10.1. The van der Waals surface area contributed by atoms with Gasteiger partial charge in [-0.05, 0) is 6.07 Å². The van der Waals surface area contributed by atoms with Crippen LogP contribution in [-0.4, -0.2) is 9.97 Å². The number of nitrogens with zero attached hydrogens (tertiary/aromatic N) is 2. The van der Waals surface area contributed by atoms with Gasteiger partial charge in [-0.1, -0.05) is 35.3 Å². The van der Waals surface area contributed by atoms with Crippen LogP contribution in [0.25, 0.3) is 11.1 Å². The van der Waals surface area contributed by atoms with Crippen molar-refractivity contribution in [2.24, 2.45) is 0 Å². The topological polar surface area (TPSA) is 51.8 Å². The zero-order chi connectivity index (χ0) is 12.4. The molecule has 0 aliphatic carbocycles. The molecule has 0 bridgehead atoms. The lowest BCUT2D eigenvalue weighted by molar-refractivity contribution is 0.477. The van der Waals surface area contributed by atoms with Gasteiger partial charge in [0.05, 0.1) is 15.7 Å². The first-order chi connectivity index (χ1) is 8.13. The minimum absolute atomic E-state index is 0.0274. The fourth-order valence-electron chi connectivity index (χ4n) is 1.47. The summed E-state index contributed by atoms with van der Waals surface area (Å²) in [5.41, 5.74) is 6.68. The molecule has 1 aromatic heterocycles. The summed E-state index contributed by atoms with van der Waals surface area (Å²) in [5.74, 6) is 0.0274. The molecule has 0 radical (unpaired) electrons. The van der Waals surface area contributed by atoms with Crippen molar-refractivity contribution in [3.05, 3.63) is 40.1 Å². The molecule has 0 spiro atoms. The monoisotopic (exact) mass is 271 g/mol. The smallest absolute Gasteiger partial charge is 0.220 e. The van der Waals surface area contributed by atoms with Crippen LogP contribution in [0.2, 0.25) is 10.0 Å². The summed E-state index contributed by atoms with van der Waals surface area (Å²) in [4.78, 5) is 7.66. The summed E-state index contributed by atoms with van der Waals surface area (Å²) in [6.45, 7) is -0.745. The first-order valence-corrected chi connectivity index (χ1v) is 5.51. The molecule has 0 atom stereocenters. The third kappa shape index (κ3) is 2.33. The van der Waals surface area contributed by atoms with E-state index in [1.165, 1.54) is 6.20 Å². The molecule has 17 heavy (non-hydrogen) atoms. The maximum Gasteiger partial charge on any atom is 0.220 e. The zero-order valence-electron chi connectivity index (χ0n) is 8.62. The van der Waals surface area contributed by atoms with Gasteiger partial charge in [-0.2, -0.15) is 0 Å². The van der Waals surface area contributed by atoms with E-state index in [9.17, 15) is 4.39 Å². The highest BCUT2D eigenvalue weighted by atomic mass is 35.5. The summed E-state index contributed by atoms with van der Waals surface area (Å²) in [5, 5.41) is 0.739. The number of hydrogen-bond donors (Lipinski definition) is 1. The number of halogens is 3. The third-order valence-electron chi connectivity index (χ3n) is 2.25. The number of hydrogen-bond acceptors (Lipinski definition) is 3. The van der Waals surface area contributed by atoms with Gasteiger partial charge in [-0.25, -0.2) is 14.4 Å². The minimum atomic E-state index is -0.745. The molecule has 0 aliphatic rings. The van der Waals surface area contributed by atoms with Gasteiger partial charge in [0.2, 0.25) is 5.95 Å². The Balaban J connectivity index is 2.64. The van der Waals surface area contributed by atoms with Gasteiger partial charge in [-0.15, -0.1) is 0 Å². The van der Waals surface area contributed by atoms with Gasteiger partial charge < -0.3 is 5.73 Å². The summed E-state index contributed by atoms with van der Waals surface area (Å²) < 4.78 is 12.9. The van der Waals surface area contributed by atoms with Crippen molar-refractivity contribution in [1.29, 1.82) is 0 Å². The molecule has 0 amide bonds. The van der Waals surface area contributed by atoms with Crippen molar-refractivity contribution in [1.82, 2.24) is 9.97 Å². The van der Waals surface area contributed by atoms with Crippen LogP contribution in [0.1, 0.15) is 5.69 Å². The standard InChI is InChI=1S/C11H8Cl2FN3/c12-8-3-1-2-6(10(8)13)7-5-16-11(15)17-9(7)4-14/h1-3,5H,4H2,(H2,15,16,17). The average Bonchev–Trinajstić information content (AvgIpc) is 2.33. The van der Waals surface area contributed by atoms with Gasteiger partial charge in [0.1, 0.15) is 6.67 Å². The van der Waals surface area contributed by atoms with Crippen LogP contribution in [0, 0.1) is 0 Å². The van der Waals surface area contributed by atoms with Gasteiger partial charge in [0.25, 0.3) is 0 Å². The SMILES string of the molecule is Nc1ncc(-c2cccc(Cl)c2Cl)c(CF)n1. The summed E-state index contributed by atoms with van der Waals surface area (Å²) in [7, 11) is 0. The van der Waals surface area contributed by atoms with Gasteiger partial charge in [0.15, 0.2) is 0 Å². The van der Waals surface area contributed by atoms with Crippen LogP contribution in [0.15, 0.2) is 24.4 Å². The predicted molar refractivity (Wildman–Crippen MR) is 66.7 cm³/mol. The van der Waals surface area contributed by atoms with E-state index in [1.54, 1.807) is 18.2 Å². The molecule has 6 heteroatoms. The van der Waals surface area contributed by atoms with Crippen molar-refractivity contribution < 1.29 is 4.39 Å². The maximum absolute atomic E-state index is 12.9. The van der Waals surface area contributed by atoms with E-state index in [2.05, 4.69) is 9.97 Å². The van der Waals surface area contributed by atoms with Gasteiger partial charge in [0, 0.05) is 17.3 Å². The Morgan fingerprint density at radius 3 is 2.71 bits per heavy atom. The molecule has 3 nitrogen and oxygen atoms in total. The lowest BCUT2D eigenvalue weighted by Crippen LogP contribution is -2.00. The maximum atomic E-state index is 12.9. The Bertz CT molecular complexity index is 560. The average molecular weight is 272 g/mol. The number of aromatic nitrogens is 2. The molecule has 2 N–H and O–H groups in total. The molecular weight excluding hydrogens is 264 g/mol. The second-order valence-electron chi connectivity index (χ2n) is 3.32. The fraction of sp³-hybridized carbons (Fsp3) is 0.0909. The molecule has 0 unspecified atom stereocenters. The fourth-order valence-corrected chi connectivity index (χ4v) is 1.87. The third-order valence-corrected chi connectivity index (χ3v) is 3.07. The summed E-state index contributed by atoms with van der Waals surface area (Å²) in [6, 6.07) is 5.10. The second-order valence-corrected chi connectivity index (χ2v) is 4.11. The van der Waals surface area contributed by atoms with E-state index in [0.717, 1.165) is 0 Å². The second kappa shape index (κ2) is 4.85. The Morgan fingerprint density at radius 1 is 1.24 bits per heavy atom. The van der Waals surface area contributed by atoms with Crippen LogP contribution < -0.4 is 5.73 Å². The van der Waals surface area contributed by atoms with Crippen molar-refractivity contribution >= 4 is 29.2 Å². The van der Waals surface area contributed by atoms with E-state index in [0.29, 0.717) is 21.2 Å². The molecule has 0 aliphatic heterocycles. The quantitative estimate of drug-likeness (QED) is 0.910. The number of benzene rings is 1. The molecule has 0 saturated heterocycles. The first-order valence-electron chi connectivity index (χ1n) is 4.75. The Kier molecular flexibility index (Phi) is 3.45. The highest BCUT2D eigenvalue weighted by molar-refractivity contribution is 6.43. The van der Waals surface area contributed by atoms with Crippen molar-refractivity contribution in [2.75, 3.05) is 5.73 Å². The van der Waals surface area contributed by atoms with E-state index in [1.807, 2.05) is 0 Å². The van der Waals surface area contributed by atoms with Crippen molar-refractivity contribution in [3.63, 3.8) is 0 Å². The number of alkyl halides is 1. The molecule has 1 aromatic carbocycles. The van der Waals surface area contributed by atoms with Crippen LogP contribution in [0.3, 0.4) is 0 Å². The number of anilines is 1. The number of nitrogens with two attached hydrogens (primary N) is 1.